The van der Waals surface area contributed by atoms with Gasteiger partial charge in [-0.05, 0) is 23.6 Å². The zero-order valence-electron chi connectivity index (χ0n) is 11.1. The number of nitrogens with one attached hydrogen (secondary N) is 1. The van der Waals surface area contributed by atoms with Crippen molar-refractivity contribution in [1.82, 2.24) is 15.2 Å². The number of nitrogens with two attached hydrogens (primary N) is 1. The minimum absolute atomic E-state index is 0.363. The number of anilines is 1. The quantitative estimate of drug-likeness (QED) is 0.813. The van der Waals surface area contributed by atoms with E-state index in [1.165, 1.54) is 5.56 Å². The number of aromatic amines is 1. The summed E-state index contributed by atoms with van der Waals surface area (Å²) in [6.07, 6.45) is 0.865. The number of aromatic nitrogens is 3. The van der Waals surface area contributed by atoms with E-state index in [0.717, 1.165) is 23.8 Å². The molecule has 0 bridgehead atoms. The molecule has 0 radical (unpaired) electrons. The molecule has 0 spiro atoms. The molecule has 0 saturated carbocycles. The number of nitrogens with zero attached hydrogens (tertiary/aromatic N) is 2. The lowest BCUT2D eigenvalue weighted by molar-refractivity contribution is 0.719. The number of nitrogen functional groups attached to an aromatic ring is 1. The van der Waals surface area contributed by atoms with Crippen molar-refractivity contribution < 1.29 is 0 Å². The van der Waals surface area contributed by atoms with Crippen molar-refractivity contribution in [2.75, 3.05) is 5.73 Å². The Morgan fingerprint density at radius 2 is 1.83 bits per heavy atom. The van der Waals surface area contributed by atoms with E-state index in [0.29, 0.717) is 11.8 Å². The molecule has 1 aromatic carbocycles. The molecule has 4 heteroatoms. The Kier molecular flexibility index (Phi) is 3.65. The molecule has 2 rings (SSSR count). The first-order chi connectivity index (χ1) is 8.56. The van der Waals surface area contributed by atoms with Crippen LogP contribution in [0.25, 0.3) is 0 Å². The van der Waals surface area contributed by atoms with Crippen molar-refractivity contribution in [1.29, 1.82) is 0 Å². The zero-order chi connectivity index (χ0) is 13.1. The van der Waals surface area contributed by atoms with Crippen molar-refractivity contribution in [3.05, 3.63) is 41.5 Å². The summed E-state index contributed by atoms with van der Waals surface area (Å²) in [5.41, 5.74) is 7.76. The highest BCUT2D eigenvalue weighted by Gasteiger charge is 2.11. The number of H-pyrrole nitrogens is 1. The van der Waals surface area contributed by atoms with Gasteiger partial charge in [-0.25, -0.2) is 4.98 Å². The lowest BCUT2D eigenvalue weighted by Gasteiger charge is -2.09. The van der Waals surface area contributed by atoms with Crippen LogP contribution >= 0.6 is 0 Å². The maximum atomic E-state index is 5.69. The van der Waals surface area contributed by atoms with E-state index in [2.05, 4.69) is 48.1 Å². The third kappa shape index (κ3) is 2.88. The molecule has 0 fully saturated rings. The van der Waals surface area contributed by atoms with Gasteiger partial charge in [-0.15, -0.1) is 0 Å². The summed E-state index contributed by atoms with van der Waals surface area (Å²) in [6.45, 7) is 6.37. The molecule has 0 saturated heterocycles. The lowest BCUT2D eigenvalue weighted by Crippen LogP contribution is -2.01. The first-order valence-electron chi connectivity index (χ1n) is 6.33. The van der Waals surface area contributed by atoms with Gasteiger partial charge in [0, 0.05) is 18.0 Å². The van der Waals surface area contributed by atoms with Crippen LogP contribution in [0.3, 0.4) is 0 Å². The number of hydrogen-bond donors (Lipinski definition) is 2. The first-order valence-corrected chi connectivity index (χ1v) is 6.33. The van der Waals surface area contributed by atoms with Crippen molar-refractivity contribution in [2.45, 2.75) is 39.0 Å². The van der Waals surface area contributed by atoms with Crippen LogP contribution in [0, 0.1) is 0 Å². The molecule has 96 valence electrons. The van der Waals surface area contributed by atoms with Crippen LogP contribution in [0.1, 0.15) is 49.8 Å². The molecule has 1 aromatic heterocycles. The molecular formula is C14H20N4. The fourth-order valence-corrected chi connectivity index (χ4v) is 1.89. The van der Waals surface area contributed by atoms with Crippen LogP contribution in [0.4, 0.5) is 5.69 Å². The van der Waals surface area contributed by atoms with E-state index in [9.17, 15) is 0 Å². The minimum Gasteiger partial charge on any atom is -0.399 e. The fraction of sp³-hybridized carbons (Fsp3) is 0.429. The monoisotopic (exact) mass is 244 g/mol. The normalized spacial score (nSPS) is 12.9. The second-order valence-electron chi connectivity index (χ2n) is 5.07. The number of hydrogen-bond acceptors (Lipinski definition) is 3. The van der Waals surface area contributed by atoms with Crippen molar-refractivity contribution in [3.63, 3.8) is 0 Å². The third-order valence-electron chi connectivity index (χ3n) is 3.07. The summed E-state index contributed by atoms with van der Waals surface area (Å²) in [7, 11) is 0. The van der Waals surface area contributed by atoms with Crippen LogP contribution < -0.4 is 5.73 Å². The predicted octanol–water partition coefficient (Wildman–Crippen LogP) is 2.86. The van der Waals surface area contributed by atoms with E-state index >= 15 is 0 Å². The Labute approximate surface area is 108 Å². The SMILES string of the molecule is CC(C)c1n[nH]c(CC(C)c2ccc(N)cc2)n1. The summed E-state index contributed by atoms with van der Waals surface area (Å²) in [6, 6.07) is 8.01. The van der Waals surface area contributed by atoms with Gasteiger partial charge >= 0.3 is 0 Å². The van der Waals surface area contributed by atoms with Gasteiger partial charge in [0.2, 0.25) is 0 Å². The lowest BCUT2D eigenvalue weighted by atomic mass is 9.97. The minimum atomic E-state index is 0.363. The van der Waals surface area contributed by atoms with E-state index < -0.39 is 0 Å². The molecule has 1 atom stereocenters. The average Bonchev–Trinajstić information content (AvgIpc) is 2.78. The van der Waals surface area contributed by atoms with E-state index in [1.807, 2.05) is 12.1 Å². The highest BCUT2D eigenvalue weighted by Crippen LogP contribution is 2.20. The topological polar surface area (TPSA) is 67.6 Å². The highest BCUT2D eigenvalue weighted by atomic mass is 15.2. The van der Waals surface area contributed by atoms with E-state index in [1.54, 1.807) is 0 Å². The highest BCUT2D eigenvalue weighted by molar-refractivity contribution is 5.40. The predicted molar refractivity (Wildman–Crippen MR) is 73.4 cm³/mol. The molecule has 1 heterocycles. The maximum Gasteiger partial charge on any atom is 0.153 e. The van der Waals surface area contributed by atoms with Crippen LogP contribution in [0.5, 0.6) is 0 Å². The van der Waals surface area contributed by atoms with E-state index in [4.69, 9.17) is 5.73 Å². The summed E-state index contributed by atoms with van der Waals surface area (Å²) >= 11 is 0. The molecule has 2 aromatic rings. The number of benzene rings is 1. The second-order valence-corrected chi connectivity index (χ2v) is 5.07. The summed E-state index contributed by atoms with van der Waals surface area (Å²) in [4.78, 5) is 4.50. The van der Waals surface area contributed by atoms with Gasteiger partial charge in [-0.1, -0.05) is 32.9 Å². The molecule has 3 N–H and O–H groups in total. The fourth-order valence-electron chi connectivity index (χ4n) is 1.89. The number of rotatable bonds is 4. The Morgan fingerprint density at radius 1 is 1.17 bits per heavy atom. The first kappa shape index (κ1) is 12.6. The largest absolute Gasteiger partial charge is 0.399 e. The van der Waals surface area contributed by atoms with Crippen LogP contribution in [0.2, 0.25) is 0 Å². The summed E-state index contributed by atoms with van der Waals surface area (Å²) in [5.74, 6) is 2.60. The summed E-state index contributed by atoms with van der Waals surface area (Å²) in [5, 5.41) is 7.23. The average molecular weight is 244 g/mol. The van der Waals surface area contributed by atoms with Crippen molar-refractivity contribution in [2.24, 2.45) is 0 Å². The third-order valence-corrected chi connectivity index (χ3v) is 3.07. The Morgan fingerprint density at radius 3 is 2.39 bits per heavy atom. The smallest absolute Gasteiger partial charge is 0.153 e. The van der Waals surface area contributed by atoms with Gasteiger partial charge in [0.05, 0.1) is 0 Å². The van der Waals surface area contributed by atoms with Gasteiger partial charge in [0.25, 0.3) is 0 Å². The zero-order valence-corrected chi connectivity index (χ0v) is 11.1. The molecule has 1 unspecified atom stereocenters. The molecule has 0 aliphatic carbocycles. The second kappa shape index (κ2) is 5.21. The van der Waals surface area contributed by atoms with E-state index in [-0.39, 0.29) is 0 Å². The van der Waals surface area contributed by atoms with Gasteiger partial charge in [-0.2, -0.15) is 5.10 Å². The maximum absolute atomic E-state index is 5.69. The molecule has 0 amide bonds. The molecular weight excluding hydrogens is 224 g/mol. The molecule has 0 aliphatic heterocycles. The van der Waals surface area contributed by atoms with Gasteiger partial charge in [-0.3, -0.25) is 5.10 Å². The van der Waals surface area contributed by atoms with Crippen LogP contribution in [-0.4, -0.2) is 15.2 Å². The molecule has 0 aliphatic rings. The van der Waals surface area contributed by atoms with Crippen molar-refractivity contribution >= 4 is 5.69 Å². The van der Waals surface area contributed by atoms with Crippen LogP contribution in [0.15, 0.2) is 24.3 Å². The Hall–Kier alpha value is -1.84. The molecule has 4 nitrogen and oxygen atoms in total. The molecule has 18 heavy (non-hydrogen) atoms. The van der Waals surface area contributed by atoms with Gasteiger partial charge in [0.15, 0.2) is 5.82 Å². The Bertz CT molecular complexity index is 499. The standard InChI is InChI=1S/C14H20N4/c1-9(2)14-16-13(17-18-14)8-10(3)11-4-6-12(15)7-5-11/h4-7,9-10H,8,15H2,1-3H3,(H,16,17,18). The Balaban J connectivity index is 2.06. The summed E-state index contributed by atoms with van der Waals surface area (Å²) < 4.78 is 0. The van der Waals surface area contributed by atoms with Crippen molar-refractivity contribution in [3.8, 4) is 0 Å². The van der Waals surface area contributed by atoms with Crippen LogP contribution in [-0.2, 0) is 6.42 Å². The van der Waals surface area contributed by atoms with Gasteiger partial charge < -0.3 is 5.73 Å². The van der Waals surface area contributed by atoms with Gasteiger partial charge in [0.1, 0.15) is 5.82 Å².